The molecule has 14 heteroatoms. The van der Waals surface area contributed by atoms with Crippen molar-refractivity contribution in [3.05, 3.63) is 0 Å². The van der Waals surface area contributed by atoms with Gasteiger partial charge in [-0.25, -0.2) is 0 Å². The largest absolute Gasteiger partial charge is 0.354 e. The molecular formula is C39H76N12O2. The Morgan fingerprint density at radius 1 is 0.660 bits per heavy atom. The minimum Gasteiger partial charge on any atom is -0.354 e. The Hall–Kier alpha value is -2.81. The Bertz CT molecular complexity index is 1330. The van der Waals surface area contributed by atoms with Crippen molar-refractivity contribution in [2.45, 2.75) is 129 Å². The Morgan fingerprint density at radius 2 is 1.04 bits per heavy atom. The van der Waals surface area contributed by atoms with E-state index in [4.69, 9.17) is 15.0 Å². The van der Waals surface area contributed by atoms with Crippen LogP contribution < -0.4 is 20.4 Å². The molecule has 304 valence electrons. The predicted molar refractivity (Wildman–Crippen MR) is 219 cm³/mol. The number of rotatable bonds is 17. The summed E-state index contributed by atoms with van der Waals surface area (Å²) in [4.78, 5) is 57.5. The molecule has 0 bridgehead atoms. The van der Waals surface area contributed by atoms with Crippen molar-refractivity contribution in [1.82, 2.24) is 44.8 Å². The molecule has 0 aliphatic carbocycles. The lowest BCUT2D eigenvalue weighted by Gasteiger charge is -2.55. The highest BCUT2D eigenvalue weighted by molar-refractivity contribution is 5.87. The van der Waals surface area contributed by atoms with E-state index in [1.807, 2.05) is 72.7 Å². The molecule has 2 aliphatic heterocycles. The zero-order valence-corrected chi connectivity index (χ0v) is 36.9. The monoisotopic (exact) mass is 745 g/mol. The average Bonchev–Trinajstić information content (AvgIpc) is 3.05. The van der Waals surface area contributed by atoms with Crippen LogP contribution in [0.2, 0.25) is 0 Å². The van der Waals surface area contributed by atoms with Crippen molar-refractivity contribution in [2.75, 3.05) is 110 Å². The molecule has 53 heavy (non-hydrogen) atoms. The average molecular weight is 745 g/mol. The number of nitrogens with one attached hydrogen (secondary N) is 2. The smallest absolute Gasteiger partial charge is 0.242 e. The lowest BCUT2D eigenvalue weighted by molar-refractivity contribution is -0.158. The molecule has 2 N–H and O–H groups in total. The number of hydrogen-bond acceptors (Lipinski definition) is 12. The predicted octanol–water partition coefficient (Wildman–Crippen LogP) is 3.31. The lowest BCUT2D eigenvalue weighted by atomic mass is 9.86. The van der Waals surface area contributed by atoms with E-state index in [1.165, 1.54) is 0 Å². The number of aromatic nitrogens is 3. The quantitative estimate of drug-likeness (QED) is 0.228. The Balaban J connectivity index is 1.93. The summed E-state index contributed by atoms with van der Waals surface area (Å²) in [6.45, 7) is 31.3. The fourth-order valence-electron chi connectivity index (χ4n) is 7.73. The van der Waals surface area contributed by atoms with Gasteiger partial charge in [0.25, 0.3) is 0 Å². The van der Waals surface area contributed by atoms with E-state index in [0.717, 1.165) is 32.5 Å². The van der Waals surface area contributed by atoms with Gasteiger partial charge in [0.1, 0.15) is 0 Å². The molecule has 0 unspecified atom stereocenters. The van der Waals surface area contributed by atoms with Gasteiger partial charge in [0.2, 0.25) is 29.7 Å². The number of carbonyl (C=O) groups is 2. The molecule has 0 saturated carbocycles. The number of amides is 2. The first-order valence-corrected chi connectivity index (χ1v) is 19.5. The van der Waals surface area contributed by atoms with Crippen molar-refractivity contribution < 1.29 is 9.59 Å². The fraction of sp³-hybridized carbons (Fsp3) is 0.872. The highest BCUT2D eigenvalue weighted by Gasteiger charge is 2.51. The van der Waals surface area contributed by atoms with Crippen LogP contribution in [-0.4, -0.2) is 179 Å². The number of likely N-dealkylation sites (N-methyl/N-ethyl adjacent to an activating group) is 4. The van der Waals surface area contributed by atoms with E-state index in [1.54, 1.807) is 0 Å². The molecule has 0 aromatic carbocycles. The summed E-state index contributed by atoms with van der Waals surface area (Å²) in [6.07, 6.45) is 2.04. The topological polar surface area (TPSA) is 120 Å². The maximum atomic E-state index is 13.8. The molecule has 1 aromatic heterocycles. The summed E-state index contributed by atoms with van der Waals surface area (Å²) in [5, 5.41) is 6.71. The van der Waals surface area contributed by atoms with Gasteiger partial charge in [-0.05, 0) is 144 Å². The summed E-state index contributed by atoms with van der Waals surface area (Å²) < 4.78 is 0. The molecule has 2 fully saturated rings. The van der Waals surface area contributed by atoms with Crippen LogP contribution in [0.15, 0.2) is 0 Å². The van der Waals surface area contributed by atoms with Gasteiger partial charge in [0.05, 0.1) is 22.2 Å². The maximum absolute atomic E-state index is 13.8. The molecule has 0 radical (unpaired) electrons. The van der Waals surface area contributed by atoms with Crippen LogP contribution in [0.4, 0.5) is 17.8 Å². The molecule has 2 amide bonds. The number of hydrogen-bond donors (Lipinski definition) is 2. The van der Waals surface area contributed by atoms with Crippen molar-refractivity contribution in [3.8, 4) is 0 Å². The first-order chi connectivity index (χ1) is 24.1. The molecule has 0 spiro atoms. The Morgan fingerprint density at radius 3 is 1.42 bits per heavy atom. The molecule has 1 aromatic rings. The fourth-order valence-corrected chi connectivity index (χ4v) is 7.73. The third-order valence-electron chi connectivity index (χ3n) is 12.4. The summed E-state index contributed by atoms with van der Waals surface area (Å²) in [7, 11) is 12.2. The highest BCUT2D eigenvalue weighted by Crippen LogP contribution is 2.35. The van der Waals surface area contributed by atoms with Gasteiger partial charge < -0.3 is 35.1 Å². The maximum Gasteiger partial charge on any atom is 0.242 e. The summed E-state index contributed by atoms with van der Waals surface area (Å²) >= 11 is 0. The van der Waals surface area contributed by atoms with Crippen LogP contribution >= 0.6 is 0 Å². The number of piperazine rings is 2. The van der Waals surface area contributed by atoms with Gasteiger partial charge in [0.15, 0.2) is 0 Å². The van der Waals surface area contributed by atoms with Crippen LogP contribution in [0.25, 0.3) is 0 Å². The first kappa shape index (κ1) is 44.6. The second-order valence-corrected chi connectivity index (χ2v) is 19.2. The van der Waals surface area contributed by atoms with Crippen molar-refractivity contribution in [3.63, 3.8) is 0 Å². The van der Waals surface area contributed by atoms with E-state index < -0.39 is 22.2 Å². The molecule has 3 rings (SSSR count). The van der Waals surface area contributed by atoms with E-state index in [2.05, 4.69) is 97.6 Å². The van der Waals surface area contributed by atoms with Gasteiger partial charge in [-0.15, -0.1) is 0 Å². The third-order valence-corrected chi connectivity index (χ3v) is 12.4. The van der Waals surface area contributed by atoms with E-state index >= 15 is 0 Å². The number of carbonyl (C=O) groups excluding carboxylic acids is 2. The van der Waals surface area contributed by atoms with Gasteiger partial charge >= 0.3 is 0 Å². The summed E-state index contributed by atoms with van der Waals surface area (Å²) in [5.74, 6) is 1.77. The standard InChI is InChI=1S/C39H76N12O2/c1-34(2,25-50-27-36(5,6)48(17)38(9,10)29(50)52)46(15)32-42-31(41-22-20-24-45(14)23-19-21-40-13)43-33(44-32)47(16)35(3,4)26-51-28-37(7,8)49(18)39(11,12)30(51)53/h40H,19-28H2,1-18H3,(H,41,42,43,44). The van der Waals surface area contributed by atoms with Gasteiger partial charge in [-0.1, -0.05) is 0 Å². The zero-order valence-electron chi connectivity index (χ0n) is 36.9. The normalized spacial score (nSPS) is 20.7. The molecule has 3 heterocycles. The molecule has 2 aliphatic rings. The SMILES string of the molecule is CNCCCN(C)CCCNc1nc(N(C)C(C)(C)CN2CC(C)(C)N(C)C(C)(C)C2=O)nc(N(C)C(C)(C)CN2CC(C)(C)N(C)C(C)(C)C2=O)n1. The highest BCUT2D eigenvalue weighted by atomic mass is 16.2. The molecule has 0 atom stereocenters. The van der Waals surface area contributed by atoms with Crippen LogP contribution in [0.3, 0.4) is 0 Å². The summed E-state index contributed by atoms with van der Waals surface area (Å²) in [6, 6.07) is 0. The van der Waals surface area contributed by atoms with Gasteiger partial charge in [-0.3, -0.25) is 19.4 Å². The van der Waals surface area contributed by atoms with E-state index in [0.29, 0.717) is 50.6 Å². The van der Waals surface area contributed by atoms with Crippen molar-refractivity contribution in [2.24, 2.45) is 0 Å². The summed E-state index contributed by atoms with van der Waals surface area (Å²) in [5.41, 5.74) is -2.65. The number of anilines is 3. The van der Waals surface area contributed by atoms with E-state index in [-0.39, 0.29) is 22.9 Å². The first-order valence-electron chi connectivity index (χ1n) is 19.5. The number of nitrogens with zero attached hydrogens (tertiary/aromatic N) is 10. The minimum absolute atomic E-state index is 0.113. The van der Waals surface area contributed by atoms with Crippen LogP contribution in [0.1, 0.15) is 95.9 Å². The zero-order chi connectivity index (χ0) is 40.5. The van der Waals surface area contributed by atoms with Gasteiger partial charge in [0, 0.05) is 57.9 Å². The second-order valence-electron chi connectivity index (χ2n) is 19.2. The van der Waals surface area contributed by atoms with Crippen LogP contribution in [-0.2, 0) is 9.59 Å². The van der Waals surface area contributed by atoms with Crippen LogP contribution in [0.5, 0.6) is 0 Å². The van der Waals surface area contributed by atoms with Gasteiger partial charge in [-0.2, -0.15) is 15.0 Å². The van der Waals surface area contributed by atoms with Crippen molar-refractivity contribution >= 4 is 29.7 Å². The minimum atomic E-state index is -0.626. The second kappa shape index (κ2) is 16.1. The molecular weight excluding hydrogens is 669 g/mol. The lowest BCUT2D eigenvalue weighted by Crippen LogP contribution is -2.71. The van der Waals surface area contributed by atoms with Crippen molar-refractivity contribution in [1.29, 1.82) is 0 Å². The molecule has 14 nitrogen and oxygen atoms in total. The Labute approximate surface area is 322 Å². The van der Waals surface area contributed by atoms with Crippen LogP contribution in [0, 0.1) is 0 Å². The van der Waals surface area contributed by atoms with E-state index in [9.17, 15) is 9.59 Å². The third kappa shape index (κ3) is 9.90. The Kier molecular flexibility index (Phi) is 13.6. The molecule has 2 saturated heterocycles.